The van der Waals surface area contributed by atoms with Gasteiger partial charge in [0.2, 0.25) is 0 Å². The fourth-order valence-electron chi connectivity index (χ4n) is 1.35. The molecule has 0 unspecified atom stereocenters. The lowest BCUT2D eigenvalue weighted by molar-refractivity contribution is 0.189. The molecule has 0 aliphatic heterocycles. The van der Waals surface area contributed by atoms with Crippen LogP contribution in [0, 0.1) is 0 Å². The minimum Gasteiger partial charge on any atom is -0.336 e. The number of benzene rings is 1. The Balaban J connectivity index is 2.47. The molecular formula is C14H24N4O. The summed E-state index contributed by atoms with van der Waals surface area (Å²) in [5.41, 5.74) is 7.24. The molecule has 0 saturated carbocycles. The first-order valence-electron chi connectivity index (χ1n) is 6.36. The molecule has 0 fully saturated rings. The predicted octanol–water partition coefficient (Wildman–Crippen LogP) is 1.61. The lowest BCUT2D eigenvalue weighted by Gasteiger charge is -2.32. The molecule has 0 heterocycles. The van der Waals surface area contributed by atoms with Gasteiger partial charge in [0.05, 0.1) is 0 Å². The van der Waals surface area contributed by atoms with Crippen LogP contribution in [0.3, 0.4) is 0 Å². The number of nitrogens with zero attached hydrogens (tertiary/aromatic N) is 1. The third kappa shape index (κ3) is 4.89. The number of urea groups is 1. The van der Waals surface area contributed by atoms with E-state index in [2.05, 4.69) is 29.4 Å². The summed E-state index contributed by atoms with van der Waals surface area (Å²) in [4.78, 5) is 13.8. The van der Waals surface area contributed by atoms with Gasteiger partial charge in [-0.05, 0) is 45.6 Å². The number of carbonyl (C=O) groups excluding carboxylic acids is 1. The molecule has 106 valence electrons. The van der Waals surface area contributed by atoms with E-state index in [1.54, 1.807) is 0 Å². The summed E-state index contributed by atoms with van der Waals surface area (Å²) < 4.78 is 0. The molecule has 5 nitrogen and oxygen atoms in total. The standard InChI is InChI=1S/C14H24N4O/c1-14(2,18(3)4)10-16-13(19)17-12-7-5-11(9-15)6-8-12/h5-8H,9-10,15H2,1-4H3,(H2,16,17,19). The molecule has 5 heteroatoms. The van der Waals surface area contributed by atoms with Crippen molar-refractivity contribution in [2.75, 3.05) is 26.0 Å². The van der Waals surface area contributed by atoms with Gasteiger partial charge in [0.1, 0.15) is 0 Å². The van der Waals surface area contributed by atoms with Gasteiger partial charge >= 0.3 is 6.03 Å². The molecule has 1 rings (SSSR count). The van der Waals surface area contributed by atoms with Crippen molar-refractivity contribution in [1.82, 2.24) is 10.2 Å². The van der Waals surface area contributed by atoms with Crippen LogP contribution in [0.15, 0.2) is 24.3 Å². The highest BCUT2D eigenvalue weighted by molar-refractivity contribution is 5.89. The lowest BCUT2D eigenvalue weighted by Crippen LogP contribution is -2.49. The molecule has 0 atom stereocenters. The Labute approximate surface area is 115 Å². The number of nitrogens with two attached hydrogens (primary N) is 1. The first-order chi connectivity index (χ1) is 8.85. The van der Waals surface area contributed by atoms with E-state index in [0.29, 0.717) is 13.1 Å². The number of amides is 2. The Kier molecular flexibility index (Phi) is 5.32. The second kappa shape index (κ2) is 6.54. The average Bonchev–Trinajstić information content (AvgIpc) is 2.37. The van der Waals surface area contributed by atoms with E-state index in [9.17, 15) is 4.79 Å². The topological polar surface area (TPSA) is 70.4 Å². The zero-order chi connectivity index (χ0) is 14.5. The number of anilines is 1. The lowest BCUT2D eigenvalue weighted by atomic mass is 10.1. The van der Waals surface area contributed by atoms with Crippen LogP contribution >= 0.6 is 0 Å². The zero-order valence-corrected chi connectivity index (χ0v) is 12.2. The maximum Gasteiger partial charge on any atom is 0.319 e. The van der Waals surface area contributed by atoms with Crippen molar-refractivity contribution in [2.45, 2.75) is 25.9 Å². The molecule has 2 amide bonds. The smallest absolute Gasteiger partial charge is 0.319 e. The van der Waals surface area contributed by atoms with Crippen LogP contribution < -0.4 is 16.4 Å². The highest BCUT2D eigenvalue weighted by Crippen LogP contribution is 2.10. The van der Waals surface area contributed by atoms with E-state index in [0.717, 1.165) is 11.3 Å². The molecule has 19 heavy (non-hydrogen) atoms. The first-order valence-corrected chi connectivity index (χ1v) is 6.36. The van der Waals surface area contributed by atoms with Crippen molar-refractivity contribution in [1.29, 1.82) is 0 Å². The largest absolute Gasteiger partial charge is 0.336 e. The molecule has 0 radical (unpaired) electrons. The van der Waals surface area contributed by atoms with Gasteiger partial charge in [-0.3, -0.25) is 0 Å². The monoisotopic (exact) mass is 264 g/mol. The van der Waals surface area contributed by atoms with Crippen molar-refractivity contribution in [2.24, 2.45) is 5.73 Å². The average molecular weight is 264 g/mol. The maximum absolute atomic E-state index is 11.8. The third-order valence-electron chi connectivity index (χ3n) is 3.34. The molecule has 0 bridgehead atoms. The second-order valence-electron chi connectivity index (χ2n) is 5.42. The molecule has 0 saturated heterocycles. The van der Waals surface area contributed by atoms with Crippen LogP contribution in [0.4, 0.5) is 10.5 Å². The van der Waals surface area contributed by atoms with Gasteiger partial charge in [0.15, 0.2) is 0 Å². The summed E-state index contributed by atoms with van der Waals surface area (Å²) in [5.74, 6) is 0. The molecule has 1 aromatic carbocycles. The van der Waals surface area contributed by atoms with Gasteiger partial charge in [-0.1, -0.05) is 12.1 Å². The Bertz CT molecular complexity index is 412. The summed E-state index contributed by atoms with van der Waals surface area (Å²) in [7, 11) is 3.98. The van der Waals surface area contributed by atoms with E-state index in [4.69, 9.17) is 5.73 Å². The fraction of sp³-hybridized carbons (Fsp3) is 0.500. The maximum atomic E-state index is 11.8. The number of likely N-dealkylation sites (N-methyl/N-ethyl adjacent to an activating group) is 1. The van der Waals surface area contributed by atoms with Crippen molar-refractivity contribution in [3.63, 3.8) is 0 Å². The minimum absolute atomic E-state index is 0.0826. The van der Waals surface area contributed by atoms with E-state index in [1.807, 2.05) is 38.4 Å². The highest BCUT2D eigenvalue weighted by atomic mass is 16.2. The van der Waals surface area contributed by atoms with Gasteiger partial charge in [0, 0.05) is 24.3 Å². The fourth-order valence-corrected chi connectivity index (χ4v) is 1.35. The van der Waals surface area contributed by atoms with Crippen molar-refractivity contribution >= 4 is 11.7 Å². The predicted molar refractivity (Wildman–Crippen MR) is 79.1 cm³/mol. The normalized spacial score (nSPS) is 11.5. The Morgan fingerprint density at radius 3 is 2.32 bits per heavy atom. The van der Waals surface area contributed by atoms with E-state index >= 15 is 0 Å². The van der Waals surface area contributed by atoms with Gasteiger partial charge in [0.25, 0.3) is 0 Å². The van der Waals surface area contributed by atoms with Crippen LogP contribution in [-0.4, -0.2) is 37.1 Å². The van der Waals surface area contributed by atoms with E-state index in [1.165, 1.54) is 0 Å². The van der Waals surface area contributed by atoms with Crippen molar-refractivity contribution in [3.8, 4) is 0 Å². The van der Waals surface area contributed by atoms with Gasteiger partial charge in [-0.15, -0.1) is 0 Å². The summed E-state index contributed by atoms with van der Waals surface area (Å²) in [6.45, 7) is 5.23. The number of hydrogen-bond donors (Lipinski definition) is 3. The quantitative estimate of drug-likeness (QED) is 0.756. The minimum atomic E-state index is -0.199. The van der Waals surface area contributed by atoms with Crippen LogP contribution in [0.25, 0.3) is 0 Å². The SMILES string of the molecule is CN(C)C(C)(C)CNC(=O)Nc1ccc(CN)cc1. The summed E-state index contributed by atoms with van der Waals surface area (Å²) in [5, 5.41) is 5.66. The van der Waals surface area contributed by atoms with Crippen LogP contribution in [-0.2, 0) is 6.54 Å². The summed E-state index contributed by atoms with van der Waals surface area (Å²) >= 11 is 0. The first kappa shape index (κ1) is 15.5. The molecule has 0 spiro atoms. The Morgan fingerprint density at radius 1 is 1.26 bits per heavy atom. The molecule has 0 aliphatic rings. The van der Waals surface area contributed by atoms with Crippen LogP contribution in [0.1, 0.15) is 19.4 Å². The van der Waals surface area contributed by atoms with E-state index < -0.39 is 0 Å². The molecule has 0 aliphatic carbocycles. The Morgan fingerprint density at radius 2 is 1.84 bits per heavy atom. The number of hydrogen-bond acceptors (Lipinski definition) is 3. The highest BCUT2D eigenvalue weighted by Gasteiger charge is 2.20. The van der Waals surface area contributed by atoms with Crippen LogP contribution in [0.5, 0.6) is 0 Å². The van der Waals surface area contributed by atoms with Gasteiger partial charge in [-0.25, -0.2) is 4.79 Å². The van der Waals surface area contributed by atoms with Crippen molar-refractivity contribution in [3.05, 3.63) is 29.8 Å². The molecule has 0 aromatic heterocycles. The number of carbonyl (C=O) groups is 1. The van der Waals surface area contributed by atoms with Crippen LogP contribution in [0.2, 0.25) is 0 Å². The second-order valence-corrected chi connectivity index (χ2v) is 5.42. The van der Waals surface area contributed by atoms with Gasteiger partial charge in [-0.2, -0.15) is 0 Å². The summed E-state index contributed by atoms with van der Waals surface area (Å²) in [6.07, 6.45) is 0. The molecular weight excluding hydrogens is 240 g/mol. The van der Waals surface area contributed by atoms with Gasteiger partial charge < -0.3 is 21.3 Å². The van der Waals surface area contributed by atoms with Crippen molar-refractivity contribution < 1.29 is 4.79 Å². The third-order valence-corrected chi connectivity index (χ3v) is 3.34. The zero-order valence-electron chi connectivity index (χ0n) is 12.2. The number of rotatable bonds is 5. The summed E-state index contributed by atoms with van der Waals surface area (Å²) in [6, 6.07) is 7.30. The Hall–Kier alpha value is -1.59. The molecule has 4 N–H and O–H groups in total. The number of nitrogens with one attached hydrogen (secondary N) is 2. The molecule has 1 aromatic rings. The van der Waals surface area contributed by atoms with E-state index in [-0.39, 0.29) is 11.6 Å².